The minimum Gasteiger partial charge on any atom is -0.494 e. The van der Waals surface area contributed by atoms with Crippen molar-refractivity contribution in [1.29, 1.82) is 0 Å². The van der Waals surface area contributed by atoms with E-state index in [4.69, 9.17) is 4.74 Å². The van der Waals surface area contributed by atoms with Crippen molar-refractivity contribution in [2.24, 2.45) is 0 Å². The first-order valence-corrected chi connectivity index (χ1v) is 7.05. The van der Waals surface area contributed by atoms with Gasteiger partial charge in [-0.15, -0.1) is 0 Å². The van der Waals surface area contributed by atoms with Crippen LogP contribution in [0.15, 0.2) is 60.8 Å². The maximum absolute atomic E-state index is 5.63. The molecule has 0 bridgehead atoms. The summed E-state index contributed by atoms with van der Waals surface area (Å²) < 4.78 is 5.63. The van der Waals surface area contributed by atoms with Gasteiger partial charge in [0.25, 0.3) is 0 Å². The molecule has 0 saturated heterocycles. The number of aromatic nitrogens is 2. The summed E-state index contributed by atoms with van der Waals surface area (Å²) in [5.41, 5.74) is 0.954. The van der Waals surface area contributed by atoms with Crippen LogP contribution in [0.1, 0.15) is 6.42 Å². The van der Waals surface area contributed by atoms with E-state index in [1.54, 1.807) is 0 Å². The molecule has 4 heteroatoms. The van der Waals surface area contributed by atoms with Crippen LogP contribution in [0, 0.1) is 0 Å². The van der Waals surface area contributed by atoms with Crippen LogP contribution in [0.25, 0.3) is 10.9 Å². The number of fused-ring (bicyclic) bond motifs is 1. The summed E-state index contributed by atoms with van der Waals surface area (Å²) in [6, 6.07) is 17.8. The molecule has 3 aromatic rings. The molecule has 106 valence electrons. The van der Waals surface area contributed by atoms with Crippen LogP contribution in [-0.4, -0.2) is 23.1 Å². The molecule has 0 aliphatic carbocycles. The summed E-state index contributed by atoms with van der Waals surface area (Å²) in [6.07, 6.45) is 2.73. The van der Waals surface area contributed by atoms with E-state index in [-0.39, 0.29) is 0 Å². The Labute approximate surface area is 123 Å². The van der Waals surface area contributed by atoms with Gasteiger partial charge in [0.15, 0.2) is 0 Å². The Morgan fingerprint density at radius 1 is 0.952 bits per heavy atom. The Kier molecular flexibility index (Phi) is 4.27. The number of nitrogens with one attached hydrogen (secondary N) is 1. The standard InChI is InChI=1S/C17H17N3O/c1-2-8-15(9-3-1)21-12-6-11-18-17-19-13-14-7-4-5-10-16(14)20-17/h1-5,7-10,13H,6,11-12H2,(H,18,19,20). The molecule has 0 unspecified atom stereocenters. The Balaban J connectivity index is 1.46. The molecule has 1 N–H and O–H groups in total. The number of nitrogens with zero attached hydrogens (tertiary/aromatic N) is 2. The number of benzene rings is 2. The molecule has 0 fully saturated rings. The summed E-state index contributed by atoms with van der Waals surface area (Å²) in [6.45, 7) is 1.45. The van der Waals surface area contributed by atoms with Crippen LogP contribution in [-0.2, 0) is 0 Å². The first-order chi connectivity index (χ1) is 10.4. The summed E-state index contributed by atoms with van der Waals surface area (Å²) in [7, 11) is 0. The fraction of sp³-hybridized carbons (Fsp3) is 0.176. The first-order valence-electron chi connectivity index (χ1n) is 7.05. The highest BCUT2D eigenvalue weighted by Gasteiger charge is 1.98. The summed E-state index contributed by atoms with van der Waals surface area (Å²) in [5.74, 6) is 1.56. The molecule has 0 aliphatic rings. The number of hydrogen-bond acceptors (Lipinski definition) is 4. The molecule has 0 spiro atoms. The van der Waals surface area contributed by atoms with Gasteiger partial charge < -0.3 is 10.1 Å². The fourth-order valence-electron chi connectivity index (χ4n) is 2.04. The van der Waals surface area contributed by atoms with Gasteiger partial charge in [-0.25, -0.2) is 9.97 Å². The van der Waals surface area contributed by atoms with Crippen LogP contribution in [0.3, 0.4) is 0 Å². The molecule has 0 atom stereocenters. The van der Waals surface area contributed by atoms with Crippen molar-refractivity contribution < 1.29 is 4.74 Å². The lowest BCUT2D eigenvalue weighted by Crippen LogP contribution is -2.09. The van der Waals surface area contributed by atoms with Crippen LogP contribution >= 0.6 is 0 Å². The van der Waals surface area contributed by atoms with Crippen molar-refractivity contribution in [3.8, 4) is 5.75 Å². The summed E-state index contributed by atoms with van der Waals surface area (Å²) >= 11 is 0. The second-order valence-electron chi connectivity index (χ2n) is 4.69. The second kappa shape index (κ2) is 6.70. The van der Waals surface area contributed by atoms with Gasteiger partial charge >= 0.3 is 0 Å². The molecule has 4 nitrogen and oxygen atoms in total. The molecule has 0 saturated carbocycles. The largest absolute Gasteiger partial charge is 0.494 e. The van der Waals surface area contributed by atoms with Gasteiger partial charge in [-0.1, -0.05) is 36.4 Å². The third-order valence-electron chi connectivity index (χ3n) is 3.11. The predicted molar refractivity (Wildman–Crippen MR) is 84.6 cm³/mol. The van der Waals surface area contributed by atoms with E-state index in [0.717, 1.165) is 29.6 Å². The third kappa shape index (κ3) is 3.69. The molecule has 0 aliphatic heterocycles. The smallest absolute Gasteiger partial charge is 0.223 e. The summed E-state index contributed by atoms with van der Waals surface area (Å²) in [5, 5.41) is 4.27. The van der Waals surface area contributed by atoms with Crippen molar-refractivity contribution in [2.75, 3.05) is 18.5 Å². The average Bonchev–Trinajstić information content (AvgIpc) is 2.55. The number of ether oxygens (including phenoxy) is 1. The van der Waals surface area contributed by atoms with Crippen molar-refractivity contribution in [2.45, 2.75) is 6.42 Å². The van der Waals surface area contributed by atoms with Gasteiger partial charge in [-0.2, -0.15) is 0 Å². The fourth-order valence-corrected chi connectivity index (χ4v) is 2.04. The summed E-state index contributed by atoms with van der Waals surface area (Å²) in [4.78, 5) is 8.77. The zero-order valence-electron chi connectivity index (χ0n) is 11.7. The van der Waals surface area contributed by atoms with E-state index in [2.05, 4.69) is 15.3 Å². The van der Waals surface area contributed by atoms with E-state index in [9.17, 15) is 0 Å². The van der Waals surface area contributed by atoms with E-state index < -0.39 is 0 Å². The molecule has 1 aromatic heterocycles. The SMILES string of the molecule is c1ccc(OCCCNc2ncc3ccccc3n2)cc1. The molecule has 0 radical (unpaired) electrons. The quantitative estimate of drug-likeness (QED) is 0.701. The monoisotopic (exact) mass is 279 g/mol. The van der Waals surface area contributed by atoms with Gasteiger partial charge in [0.1, 0.15) is 5.75 Å². The Hall–Kier alpha value is -2.62. The lowest BCUT2D eigenvalue weighted by molar-refractivity contribution is 0.315. The maximum atomic E-state index is 5.63. The van der Waals surface area contributed by atoms with Gasteiger partial charge in [-0.05, 0) is 24.6 Å². The van der Waals surface area contributed by atoms with E-state index in [0.29, 0.717) is 12.6 Å². The predicted octanol–water partition coefficient (Wildman–Crippen LogP) is 3.51. The van der Waals surface area contributed by atoms with Gasteiger partial charge in [0, 0.05) is 18.1 Å². The van der Waals surface area contributed by atoms with Crippen molar-refractivity contribution in [3.05, 3.63) is 60.8 Å². The lowest BCUT2D eigenvalue weighted by Gasteiger charge is -2.07. The highest BCUT2D eigenvalue weighted by Crippen LogP contribution is 2.12. The normalized spacial score (nSPS) is 10.5. The Bertz CT molecular complexity index is 700. The number of para-hydroxylation sites is 2. The van der Waals surface area contributed by atoms with Gasteiger partial charge in [0.05, 0.1) is 12.1 Å². The first kappa shape index (κ1) is 13.4. The topological polar surface area (TPSA) is 47.0 Å². The van der Waals surface area contributed by atoms with Crippen molar-refractivity contribution in [1.82, 2.24) is 9.97 Å². The maximum Gasteiger partial charge on any atom is 0.223 e. The van der Waals surface area contributed by atoms with Gasteiger partial charge in [0.2, 0.25) is 5.95 Å². The Morgan fingerprint density at radius 2 is 1.76 bits per heavy atom. The van der Waals surface area contributed by atoms with Crippen LogP contribution in [0.4, 0.5) is 5.95 Å². The molecule has 1 heterocycles. The van der Waals surface area contributed by atoms with Crippen LogP contribution < -0.4 is 10.1 Å². The number of anilines is 1. The average molecular weight is 279 g/mol. The molecule has 0 amide bonds. The lowest BCUT2D eigenvalue weighted by atomic mass is 10.2. The zero-order valence-corrected chi connectivity index (χ0v) is 11.7. The third-order valence-corrected chi connectivity index (χ3v) is 3.11. The second-order valence-corrected chi connectivity index (χ2v) is 4.69. The molecule has 3 rings (SSSR count). The minimum absolute atomic E-state index is 0.661. The van der Waals surface area contributed by atoms with Crippen LogP contribution in [0.2, 0.25) is 0 Å². The molecule has 2 aromatic carbocycles. The van der Waals surface area contributed by atoms with E-state index in [1.807, 2.05) is 60.8 Å². The Morgan fingerprint density at radius 3 is 2.67 bits per heavy atom. The molecular weight excluding hydrogens is 262 g/mol. The van der Waals surface area contributed by atoms with Crippen molar-refractivity contribution >= 4 is 16.9 Å². The highest BCUT2D eigenvalue weighted by molar-refractivity contribution is 5.78. The number of rotatable bonds is 6. The zero-order chi connectivity index (χ0) is 14.3. The highest BCUT2D eigenvalue weighted by atomic mass is 16.5. The van der Waals surface area contributed by atoms with Crippen molar-refractivity contribution in [3.63, 3.8) is 0 Å². The molecule has 21 heavy (non-hydrogen) atoms. The molecular formula is C17H17N3O. The number of hydrogen-bond donors (Lipinski definition) is 1. The van der Waals surface area contributed by atoms with Crippen LogP contribution in [0.5, 0.6) is 5.75 Å². The van der Waals surface area contributed by atoms with E-state index in [1.165, 1.54) is 0 Å². The van der Waals surface area contributed by atoms with Gasteiger partial charge in [-0.3, -0.25) is 0 Å². The minimum atomic E-state index is 0.661. The van der Waals surface area contributed by atoms with E-state index >= 15 is 0 Å².